The molecule has 32 heavy (non-hydrogen) atoms. The largest absolute Gasteiger partial charge is 0.497 e. The van der Waals surface area contributed by atoms with Gasteiger partial charge in [-0.05, 0) is 62.4 Å². The predicted molar refractivity (Wildman–Crippen MR) is 118 cm³/mol. The van der Waals surface area contributed by atoms with Crippen molar-refractivity contribution < 1.29 is 28.5 Å². The van der Waals surface area contributed by atoms with E-state index in [4.69, 9.17) is 18.9 Å². The molecule has 0 aliphatic carbocycles. The fourth-order valence-corrected chi connectivity index (χ4v) is 3.02. The van der Waals surface area contributed by atoms with Gasteiger partial charge in [0.15, 0.2) is 11.4 Å². The fraction of sp³-hybridized carbons (Fsp3) is 0.250. The third kappa shape index (κ3) is 4.85. The number of hydrogen-bond acceptors (Lipinski definition) is 8. The minimum Gasteiger partial charge on any atom is -0.497 e. The lowest BCUT2D eigenvalue weighted by Gasteiger charge is -2.14. The average Bonchev–Trinajstić information content (AvgIpc) is 2.83. The third-order valence-corrected chi connectivity index (χ3v) is 4.56. The van der Waals surface area contributed by atoms with Crippen molar-refractivity contribution in [1.82, 2.24) is 9.97 Å². The van der Waals surface area contributed by atoms with Crippen LogP contribution in [0.1, 0.15) is 34.8 Å². The summed E-state index contributed by atoms with van der Waals surface area (Å²) in [4.78, 5) is 34.6. The Hall–Kier alpha value is -3.94. The number of methoxy groups -OCH3 is 2. The molecule has 3 rings (SSSR count). The van der Waals surface area contributed by atoms with Gasteiger partial charge in [0.1, 0.15) is 22.9 Å². The minimum absolute atomic E-state index is 0.00381. The molecule has 0 N–H and O–H groups in total. The molecule has 0 spiro atoms. The predicted octanol–water partition coefficient (Wildman–Crippen LogP) is 4.18. The van der Waals surface area contributed by atoms with Gasteiger partial charge in [-0.15, -0.1) is 0 Å². The first-order chi connectivity index (χ1) is 15.5. The van der Waals surface area contributed by atoms with Crippen LogP contribution in [-0.2, 0) is 9.47 Å². The molecule has 8 nitrogen and oxygen atoms in total. The molecule has 2 aromatic carbocycles. The lowest BCUT2D eigenvalue weighted by Crippen LogP contribution is -2.17. The molecule has 3 aromatic rings. The first kappa shape index (κ1) is 22.7. The first-order valence-corrected chi connectivity index (χ1v) is 10.1. The van der Waals surface area contributed by atoms with E-state index in [9.17, 15) is 9.59 Å². The molecule has 0 radical (unpaired) electrons. The highest BCUT2D eigenvalue weighted by molar-refractivity contribution is 5.99. The highest BCUT2D eigenvalue weighted by Gasteiger charge is 2.26. The summed E-state index contributed by atoms with van der Waals surface area (Å²) >= 11 is 0. The quantitative estimate of drug-likeness (QED) is 0.485. The zero-order chi connectivity index (χ0) is 23.1. The number of esters is 2. The van der Waals surface area contributed by atoms with Crippen LogP contribution in [0, 0.1) is 0 Å². The van der Waals surface area contributed by atoms with Crippen molar-refractivity contribution in [2.45, 2.75) is 13.8 Å². The second kappa shape index (κ2) is 10.4. The van der Waals surface area contributed by atoms with E-state index in [1.165, 1.54) is 0 Å². The minimum atomic E-state index is -0.643. The molecule has 166 valence electrons. The van der Waals surface area contributed by atoms with E-state index in [1.54, 1.807) is 76.6 Å². The molecule has 1 aromatic heterocycles. The summed E-state index contributed by atoms with van der Waals surface area (Å²) < 4.78 is 20.8. The molecule has 0 atom stereocenters. The number of aromatic nitrogens is 2. The van der Waals surface area contributed by atoms with E-state index < -0.39 is 11.9 Å². The number of hydrogen-bond donors (Lipinski definition) is 0. The normalized spacial score (nSPS) is 10.4. The molecule has 0 saturated carbocycles. The molecule has 8 heteroatoms. The van der Waals surface area contributed by atoms with Gasteiger partial charge in [-0.1, -0.05) is 0 Å². The van der Waals surface area contributed by atoms with E-state index in [0.29, 0.717) is 22.6 Å². The summed E-state index contributed by atoms with van der Waals surface area (Å²) in [5, 5.41) is 0. The van der Waals surface area contributed by atoms with E-state index >= 15 is 0 Å². The number of carbonyl (C=O) groups excluding carboxylic acids is 2. The second-order valence-electron chi connectivity index (χ2n) is 6.52. The molecule has 0 aliphatic heterocycles. The van der Waals surface area contributed by atoms with Gasteiger partial charge < -0.3 is 18.9 Å². The van der Waals surface area contributed by atoms with Crippen LogP contribution in [0.5, 0.6) is 11.5 Å². The summed E-state index contributed by atoms with van der Waals surface area (Å²) in [6, 6.07) is 13.8. The van der Waals surface area contributed by atoms with Crippen molar-refractivity contribution in [3.05, 3.63) is 59.9 Å². The van der Waals surface area contributed by atoms with E-state index in [1.807, 2.05) is 0 Å². The molecule has 0 amide bonds. The van der Waals surface area contributed by atoms with Crippen LogP contribution in [0.3, 0.4) is 0 Å². The SMILES string of the molecule is CCOC(=O)c1nc(-c2ccc(OC)cc2)c(C(=O)OCC)nc1-c1ccc(OC)cc1. The Bertz CT molecular complexity index is 1010. The van der Waals surface area contributed by atoms with Gasteiger partial charge in [0.25, 0.3) is 0 Å². The maximum absolute atomic E-state index is 12.8. The summed E-state index contributed by atoms with van der Waals surface area (Å²) in [5.74, 6) is -0.00768. The number of ether oxygens (including phenoxy) is 4. The molecule has 0 saturated heterocycles. The van der Waals surface area contributed by atoms with Crippen LogP contribution >= 0.6 is 0 Å². The van der Waals surface area contributed by atoms with Crippen molar-refractivity contribution in [1.29, 1.82) is 0 Å². The van der Waals surface area contributed by atoms with Gasteiger partial charge in [0.2, 0.25) is 0 Å². The van der Waals surface area contributed by atoms with E-state index in [0.717, 1.165) is 0 Å². The molecule has 0 fully saturated rings. The Kier molecular flexibility index (Phi) is 7.38. The number of nitrogens with zero attached hydrogens (tertiary/aromatic N) is 2. The van der Waals surface area contributed by atoms with Crippen LogP contribution in [0.25, 0.3) is 22.5 Å². The zero-order valence-corrected chi connectivity index (χ0v) is 18.4. The second-order valence-corrected chi connectivity index (χ2v) is 6.52. The van der Waals surface area contributed by atoms with Crippen LogP contribution in [0.4, 0.5) is 0 Å². The fourth-order valence-electron chi connectivity index (χ4n) is 3.02. The highest BCUT2D eigenvalue weighted by atomic mass is 16.5. The number of carbonyl (C=O) groups is 2. The number of rotatable bonds is 8. The van der Waals surface area contributed by atoms with Crippen molar-refractivity contribution in [2.24, 2.45) is 0 Å². The zero-order valence-electron chi connectivity index (χ0n) is 18.4. The Balaban J connectivity index is 2.26. The summed E-state index contributed by atoms with van der Waals surface area (Å²) in [6.45, 7) is 3.74. The Morgan fingerprint density at radius 1 is 0.656 bits per heavy atom. The van der Waals surface area contributed by atoms with Gasteiger partial charge in [0.05, 0.1) is 27.4 Å². The lowest BCUT2D eigenvalue weighted by atomic mass is 10.1. The van der Waals surface area contributed by atoms with Crippen molar-refractivity contribution in [3.8, 4) is 34.0 Å². The van der Waals surface area contributed by atoms with Crippen LogP contribution in [0.2, 0.25) is 0 Å². The Morgan fingerprint density at radius 3 is 1.28 bits per heavy atom. The molecular weight excluding hydrogens is 412 g/mol. The van der Waals surface area contributed by atoms with Crippen LogP contribution in [0.15, 0.2) is 48.5 Å². The van der Waals surface area contributed by atoms with Gasteiger partial charge in [-0.3, -0.25) is 0 Å². The third-order valence-electron chi connectivity index (χ3n) is 4.56. The van der Waals surface area contributed by atoms with Gasteiger partial charge in [0, 0.05) is 11.1 Å². The smallest absolute Gasteiger partial charge is 0.359 e. The van der Waals surface area contributed by atoms with Crippen molar-refractivity contribution in [2.75, 3.05) is 27.4 Å². The summed E-state index contributed by atoms with van der Waals surface area (Å²) in [7, 11) is 3.11. The molecule has 0 bridgehead atoms. The maximum Gasteiger partial charge on any atom is 0.359 e. The van der Waals surface area contributed by atoms with E-state index in [-0.39, 0.29) is 36.0 Å². The molecule has 0 unspecified atom stereocenters. The molecule has 0 aliphatic rings. The van der Waals surface area contributed by atoms with Crippen LogP contribution in [-0.4, -0.2) is 49.3 Å². The Morgan fingerprint density at radius 2 is 1.00 bits per heavy atom. The van der Waals surface area contributed by atoms with Gasteiger partial charge in [-0.2, -0.15) is 0 Å². The number of benzene rings is 2. The van der Waals surface area contributed by atoms with E-state index in [2.05, 4.69) is 9.97 Å². The maximum atomic E-state index is 12.8. The molecule has 1 heterocycles. The average molecular weight is 436 g/mol. The monoisotopic (exact) mass is 436 g/mol. The lowest BCUT2D eigenvalue weighted by molar-refractivity contribution is 0.0502. The topological polar surface area (TPSA) is 96.8 Å². The molecular formula is C24H24N2O6. The van der Waals surface area contributed by atoms with Gasteiger partial charge >= 0.3 is 11.9 Å². The summed E-state index contributed by atoms with van der Waals surface area (Å²) in [5.41, 5.74) is 1.57. The summed E-state index contributed by atoms with van der Waals surface area (Å²) in [6.07, 6.45) is 0. The van der Waals surface area contributed by atoms with Gasteiger partial charge in [-0.25, -0.2) is 19.6 Å². The first-order valence-electron chi connectivity index (χ1n) is 10.1. The van der Waals surface area contributed by atoms with Crippen molar-refractivity contribution in [3.63, 3.8) is 0 Å². The Labute approximate surface area is 186 Å². The highest BCUT2D eigenvalue weighted by Crippen LogP contribution is 2.30. The van der Waals surface area contributed by atoms with Crippen molar-refractivity contribution >= 4 is 11.9 Å². The standard InChI is InChI=1S/C24H24N2O6/c1-5-31-23(27)21-19(15-7-11-17(29-3)12-8-15)26-22(24(28)32-6-2)20(25-21)16-9-13-18(30-4)14-10-16/h7-14H,5-6H2,1-4H3. The van der Waals surface area contributed by atoms with Crippen LogP contribution < -0.4 is 9.47 Å².